The van der Waals surface area contributed by atoms with Gasteiger partial charge in [-0.25, -0.2) is 4.39 Å². The van der Waals surface area contributed by atoms with Gasteiger partial charge in [-0.1, -0.05) is 32.3 Å². The van der Waals surface area contributed by atoms with Crippen molar-refractivity contribution in [3.05, 3.63) is 34.1 Å². The van der Waals surface area contributed by atoms with Gasteiger partial charge in [-0.15, -0.1) is 0 Å². The number of rotatable bonds is 3. The Labute approximate surface area is 117 Å². The van der Waals surface area contributed by atoms with Gasteiger partial charge in [-0.2, -0.15) is 0 Å². The first-order valence-corrected chi connectivity index (χ1v) is 7.63. The smallest absolute Gasteiger partial charge is 0.137 e. The van der Waals surface area contributed by atoms with E-state index >= 15 is 0 Å². The van der Waals surface area contributed by atoms with Gasteiger partial charge < -0.3 is 5.32 Å². The predicted molar refractivity (Wildman–Crippen MR) is 77.0 cm³/mol. The van der Waals surface area contributed by atoms with E-state index in [4.69, 9.17) is 0 Å². The highest BCUT2D eigenvalue weighted by atomic mass is 79.9. The largest absolute Gasteiger partial charge is 0.310 e. The van der Waals surface area contributed by atoms with Gasteiger partial charge in [0, 0.05) is 12.6 Å². The molecular formula is C15H21BrFN. The highest BCUT2D eigenvalue weighted by Crippen LogP contribution is 2.23. The summed E-state index contributed by atoms with van der Waals surface area (Å²) in [6.07, 6.45) is 6.59. The molecule has 0 saturated heterocycles. The van der Waals surface area contributed by atoms with Crippen LogP contribution < -0.4 is 5.32 Å². The molecule has 0 aromatic heterocycles. The van der Waals surface area contributed by atoms with E-state index in [1.165, 1.54) is 32.1 Å². The first kappa shape index (κ1) is 14.0. The lowest BCUT2D eigenvalue weighted by molar-refractivity contribution is 0.356. The zero-order chi connectivity index (χ0) is 13.0. The van der Waals surface area contributed by atoms with Crippen molar-refractivity contribution >= 4 is 15.9 Å². The van der Waals surface area contributed by atoms with Gasteiger partial charge in [-0.3, -0.25) is 0 Å². The summed E-state index contributed by atoms with van der Waals surface area (Å²) in [4.78, 5) is 0. The molecule has 1 fully saturated rings. The van der Waals surface area contributed by atoms with Crippen molar-refractivity contribution in [3.63, 3.8) is 0 Å². The van der Waals surface area contributed by atoms with E-state index in [0.717, 1.165) is 18.0 Å². The van der Waals surface area contributed by atoms with E-state index in [2.05, 4.69) is 28.2 Å². The van der Waals surface area contributed by atoms with Crippen LogP contribution in [0.3, 0.4) is 0 Å². The van der Waals surface area contributed by atoms with E-state index in [9.17, 15) is 4.39 Å². The Kier molecular flexibility index (Phi) is 5.19. The van der Waals surface area contributed by atoms with E-state index < -0.39 is 0 Å². The number of nitrogens with one attached hydrogen (secondary N) is 1. The molecule has 1 N–H and O–H groups in total. The van der Waals surface area contributed by atoms with Gasteiger partial charge >= 0.3 is 0 Å². The molecule has 1 aromatic carbocycles. The maximum Gasteiger partial charge on any atom is 0.137 e. The highest BCUT2D eigenvalue weighted by molar-refractivity contribution is 9.10. The van der Waals surface area contributed by atoms with Crippen molar-refractivity contribution in [3.8, 4) is 0 Å². The second-order valence-corrected chi connectivity index (χ2v) is 6.21. The molecule has 1 aliphatic carbocycles. The van der Waals surface area contributed by atoms with Crippen LogP contribution in [0.1, 0.15) is 44.6 Å². The van der Waals surface area contributed by atoms with Crippen molar-refractivity contribution in [1.82, 2.24) is 5.32 Å². The van der Waals surface area contributed by atoms with Crippen LogP contribution in [0.2, 0.25) is 0 Å². The maximum absolute atomic E-state index is 13.4. The summed E-state index contributed by atoms with van der Waals surface area (Å²) in [5, 5.41) is 3.59. The summed E-state index contributed by atoms with van der Waals surface area (Å²) >= 11 is 3.18. The second kappa shape index (κ2) is 6.67. The standard InChI is InChI=1S/C15H21BrFN/c1-11-5-3-2-4-6-15(11)18-10-12-7-8-13(16)14(17)9-12/h7-9,11,15,18H,2-6,10H2,1H3. The predicted octanol–water partition coefficient (Wildman–Crippen LogP) is 4.65. The fourth-order valence-electron chi connectivity index (χ4n) is 2.69. The van der Waals surface area contributed by atoms with Crippen LogP contribution in [0, 0.1) is 11.7 Å². The SMILES string of the molecule is CC1CCCCCC1NCc1ccc(Br)c(F)c1. The average Bonchev–Trinajstić information content (AvgIpc) is 2.56. The van der Waals surface area contributed by atoms with E-state index in [1.54, 1.807) is 12.1 Å². The van der Waals surface area contributed by atoms with Crippen LogP contribution in [0.4, 0.5) is 4.39 Å². The monoisotopic (exact) mass is 313 g/mol. The second-order valence-electron chi connectivity index (χ2n) is 5.35. The van der Waals surface area contributed by atoms with Crippen LogP contribution >= 0.6 is 15.9 Å². The van der Waals surface area contributed by atoms with Crippen LogP contribution in [0.5, 0.6) is 0 Å². The zero-order valence-electron chi connectivity index (χ0n) is 10.9. The molecule has 1 saturated carbocycles. The lowest BCUT2D eigenvalue weighted by Crippen LogP contribution is -2.33. The van der Waals surface area contributed by atoms with E-state index in [0.29, 0.717) is 10.5 Å². The molecule has 1 aliphatic rings. The minimum atomic E-state index is -0.178. The number of hydrogen-bond donors (Lipinski definition) is 1. The van der Waals surface area contributed by atoms with Gasteiger partial charge in [0.15, 0.2) is 0 Å². The summed E-state index contributed by atoms with van der Waals surface area (Å²) in [7, 11) is 0. The Morgan fingerprint density at radius 2 is 2.06 bits per heavy atom. The topological polar surface area (TPSA) is 12.0 Å². The van der Waals surface area contributed by atoms with Gasteiger partial charge in [0.2, 0.25) is 0 Å². The van der Waals surface area contributed by atoms with Crippen LogP contribution in [0.25, 0.3) is 0 Å². The van der Waals surface area contributed by atoms with Crippen LogP contribution in [0.15, 0.2) is 22.7 Å². The summed E-state index contributed by atoms with van der Waals surface area (Å²) in [6.45, 7) is 3.09. The third kappa shape index (κ3) is 3.79. The molecule has 0 bridgehead atoms. The molecule has 2 rings (SSSR count). The molecule has 0 heterocycles. The van der Waals surface area contributed by atoms with Crippen molar-refractivity contribution < 1.29 is 4.39 Å². The van der Waals surface area contributed by atoms with Crippen LogP contribution in [-0.4, -0.2) is 6.04 Å². The number of benzene rings is 1. The number of hydrogen-bond acceptors (Lipinski definition) is 1. The quantitative estimate of drug-likeness (QED) is 0.801. The minimum absolute atomic E-state index is 0.178. The molecule has 0 radical (unpaired) electrons. The Hall–Kier alpha value is -0.410. The van der Waals surface area contributed by atoms with Crippen molar-refractivity contribution in [2.24, 2.45) is 5.92 Å². The van der Waals surface area contributed by atoms with E-state index in [-0.39, 0.29) is 5.82 Å². The highest BCUT2D eigenvalue weighted by Gasteiger charge is 2.19. The molecule has 0 amide bonds. The van der Waals surface area contributed by atoms with Gasteiger partial charge in [0.1, 0.15) is 5.82 Å². The summed E-state index contributed by atoms with van der Waals surface area (Å²) in [5.41, 5.74) is 1.02. The normalized spacial score (nSPS) is 24.8. The Morgan fingerprint density at radius 1 is 1.28 bits per heavy atom. The Morgan fingerprint density at radius 3 is 2.83 bits per heavy atom. The lowest BCUT2D eigenvalue weighted by Gasteiger charge is -2.23. The first-order chi connectivity index (χ1) is 8.66. The third-order valence-corrected chi connectivity index (χ3v) is 4.56. The summed E-state index contributed by atoms with van der Waals surface area (Å²) < 4.78 is 13.9. The molecule has 1 aromatic rings. The Bertz CT molecular complexity index is 394. The van der Waals surface area contributed by atoms with Crippen molar-refractivity contribution in [1.29, 1.82) is 0 Å². The van der Waals surface area contributed by atoms with Crippen molar-refractivity contribution in [2.75, 3.05) is 0 Å². The molecular weight excluding hydrogens is 293 g/mol. The molecule has 18 heavy (non-hydrogen) atoms. The van der Waals surface area contributed by atoms with Crippen LogP contribution in [-0.2, 0) is 6.54 Å². The average molecular weight is 314 g/mol. The fraction of sp³-hybridized carbons (Fsp3) is 0.600. The molecule has 2 atom stereocenters. The maximum atomic E-state index is 13.4. The lowest BCUT2D eigenvalue weighted by atomic mass is 9.97. The molecule has 3 heteroatoms. The molecule has 0 spiro atoms. The number of halogens is 2. The summed E-state index contributed by atoms with van der Waals surface area (Å²) in [5.74, 6) is 0.552. The van der Waals surface area contributed by atoms with Gasteiger partial charge in [-0.05, 0) is 52.4 Å². The molecule has 1 nitrogen and oxygen atoms in total. The molecule has 100 valence electrons. The minimum Gasteiger partial charge on any atom is -0.310 e. The van der Waals surface area contributed by atoms with Crippen molar-refractivity contribution in [2.45, 2.75) is 51.6 Å². The summed E-state index contributed by atoms with van der Waals surface area (Å²) in [6, 6.07) is 5.95. The zero-order valence-corrected chi connectivity index (χ0v) is 12.5. The van der Waals surface area contributed by atoms with Gasteiger partial charge in [0.05, 0.1) is 4.47 Å². The Balaban J connectivity index is 1.91. The first-order valence-electron chi connectivity index (χ1n) is 6.84. The molecule has 0 aliphatic heterocycles. The van der Waals surface area contributed by atoms with Gasteiger partial charge in [0.25, 0.3) is 0 Å². The fourth-order valence-corrected chi connectivity index (χ4v) is 2.94. The van der Waals surface area contributed by atoms with E-state index in [1.807, 2.05) is 6.07 Å². The third-order valence-electron chi connectivity index (χ3n) is 3.91. The molecule has 2 unspecified atom stereocenters.